The molecular weight excluding hydrogens is 1350 g/mol. The summed E-state index contributed by atoms with van der Waals surface area (Å²) in [6, 6.07) is 0. The number of aliphatic hydroxyl groups is 1. The van der Waals surface area contributed by atoms with Gasteiger partial charge in [-0.3, -0.25) is 37.3 Å². The summed E-state index contributed by atoms with van der Waals surface area (Å²) in [6.45, 7) is 4.42. The van der Waals surface area contributed by atoms with Crippen LogP contribution in [0.2, 0.25) is 0 Å². The van der Waals surface area contributed by atoms with Crippen LogP contribution in [0.4, 0.5) is 0 Å². The average molecular weight is 1500 g/mol. The lowest BCUT2D eigenvalue weighted by molar-refractivity contribution is -0.161. The molecule has 3 N–H and O–H groups in total. The fourth-order valence-corrected chi connectivity index (χ4v) is 11.9. The van der Waals surface area contributed by atoms with Crippen molar-refractivity contribution in [1.29, 1.82) is 0 Å². The van der Waals surface area contributed by atoms with Crippen molar-refractivity contribution in [3.63, 3.8) is 0 Å². The number of phosphoric acid groups is 2. The van der Waals surface area contributed by atoms with Crippen LogP contribution in [0.5, 0.6) is 0 Å². The van der Waals surface area contributed by atoms with Gasteiger partial charge < -0.3 is 33.8 Å². The maximum absolute atomic E-state index is 13.1. The quantitative estimate of drug-likeness (QED) is 0.0169. The van der Waals surface area contributed by atoms with Crippen LogP contribution in [0, 0.1) is 0 Å². The number of phosphoric ester groups is 2. The number of hydrogen-bond acceptors (Lipinski definition) is 15. The number of rotatable bonds is 74. The van der Waals surface area contributed by atoms with Gasteiger partial charge in [0, 0.05) is 25.7 Å². The fourth-order valence-electron chi connectivity index (χ4n) is 10.3. The highest BCUT2D eigenvalue weighted by Gasteiger charge is 2.30. The normalized spacial score (nSPS) is 14.6. The first kappa shape index (κ1) is 98.9. The van der Waals surface area contributed by atoms with E-state index < -0.39 is 97.5 Å². The van der Waals surface area contributed by atoms with E-state index in [0.29, 0.717) is 25.7 Å². The van der Waals surface area contributed by atoms with Gasteiger partial charge in [-0.25, -0.2) is 9.13 Å². The van der Waals surface area contributed by atoms with E-state index in [4.69, 9.17) is 37.0 Å². The highest BCUT2D eigenvalue weighted by atomic mass is 31.2. The van der Waals surface area contributed by atoms with Crippen molar-refractivity contribution in [1.82, 2.24) is 0 Å². The molecular formula is C85H142O17P2. The fraction of sp³-hybridized carbons (Fsp3) is 0.671. The monoisotopic (exact) mass is 1500 g/mol. The van der Waals surface area contributed by atoms with E-state index in [0.717, 1.165) is 231 Å². The molecule has 0 amide bonds. The molecule has 0 spiro atoms. The highest BCUT2D eigenvalue weighted by Crippen LogP contribution is 2.45. The molecule has 0 saturated heterocycles. The van der Waals surface area contributed by atoms with Crippen LogP contribution in [0.3, 0.4) is 0 Å². The topological polar surface area (TPSA) is 237 Å². The van der Waals surface area contributed by atoms with Gasteiger partial charge in [-0.1, -0.05) is 276 Å². The second-order valence-electron chi connectivity index (χ2n) is 26.2. The average Bonchev–Trinajstić information content (AvgIpc) is 0.911. The molecule has 5 atom stereocenters. The van der Waals surface area contributed by atoms with Crippen LogP contribution in [-0.4, -0.2) is 96.7 Å². The lowest BCUT2D eigenvalue weighted by atomic mass is 10.1. The maximum atomic E-state index is 13.1. The highest BCUT2D eigenvalue weighted by molar-refractivity contribution is 7.47. The van der Waals surface area contributed by atoms with E-state index in [1.54, 1.807) is 0 Å². The molecule has 19 heteroatoms. The van der Waals surface area contributed by atoms with Crippen LogP contribution < -0.4 is 0 Å². The molecule has 104 heavy (non-hydrogen) atoms. The van der Waals surface area contributed by atoms with Crippen molar-refractivity contribution in [2.75, 3.05) is 39.6 Å². The lowest BCUT2D eigenvalue weighted by Gasteiger charge is -2.21. The summed E-state index contributed by atoms with van der Waals surface area (Å²) >= 11 is 0. The van der Waals surface area contributed by atoms with Gasteiger partial charge in [-0.15, -0.1) is 0 Å². The van der Waals surface area contributed by atoms with Crippen LogP contribution >= 0.6 is 15.6 Å². The number of ether oxygens (including phenoxy) is 4. The molecule has 5 unspecified atom stereocenters. The maximum Gasteiger partial charge on any atom is 0.472 e. The van der Waals surface area contributed by atoms with Crippen LogP contribution in [0.25, 0.3) is 0 Å². The van der Waals surface area contributed by atoms with Gasteiger partial charge in [0.05, 0.1) is 26.4 Å². The van der Waals surface area contributed by atoms with E-state index in [9.17, 15) is 43.2 Å². The second-order valence-corrected chi connectivity index (χ2v) is 29.1. The standard InChI is InChI=1S/C85H142O17P2/c1-5-9-13-17-21-25-29-33-36-38-39-41-44-47-50-54-58-62-66-70-83(88)96-76-81(102-85(90)72-68-64-60-56-52-48-42-35-31-27-23-19-15-11-7-3)78-100-104(93,94)98-74-79(86)73-97-103(91,92)99-77-80(101-84(89)71-67-63-59-55-51-45-32-28-24-20-16-12-8-4)75-95-82(87)69-65-61-57-53-49-46-43-40-37-34-30-26-22-18-14-10-6-2/h9-11,13-16,20-23,25-28,32-37,39,41-42,79-81,86H,5-8,12,17-19,24,29-31,38,40,43-78H2,1-4H3,(H,91,92)(H,93,94)/b13-9-,14-10-,15-11-,20-16-,25-21-,26-22-,27-23-,32-28-,36-33-,37-34-,41-39-,42-35-. The Balaban J connectivity index is 5.38. The molecule has 0 bridgehead atoms. The third-order valence-electron chi connectivity index (χ3n) is 16.3. The molecule has 594 valence electrons. The molecule has 0 rings (SSSR count). The number of carbonyl (C=O) groups is 4. The van der Waals surface area contributed by atoms with Crippen molar-refractivity contribution < 1.29 is 80.2 Å². The smallest absolute Gasteiger partial charge is 0.462 e. The minimum atomic E-state index is -4.99. The number of hydrogen-bond donors (Lipinski definition) is 3. The van der Waals surface area contributed by atoms with Gasteiger partial charge in [-0.05, 0) is 154 Å². The zero-order valence-corrected chi connectivity index (χ0v) is 66.7. The Morgan fingerprint density at radius 1 is 0.279 bits per heavy atom. The molecule has 0 aliphatic rings. The van der Waals surface area contributed by atoms with Crippen LogP contribution in [-0.2, 0) is 65.4 Å². The minimum absolute atomic E-state index is 0.0679. The molecule has 0 aliphatic carbocycles. The number of carbonyl (C=O) groups excluding carboxylic acids is 4. The van der Waals surface area contributed by atoms with E-state index >= 15 is 0 Å². The molecule has 0 radical (unpaired) electrons. The lowest BCUT2D eigenvalue weighted by Crippen LogP contribution is -2.30. The molecule has 0 aromatic heterocycles. The third-order valence-corrected chi connectivity index (χ3v) is 18.2. The SMILES string of the molecule is CC/C=C\C/C=C\C/C=C\C/C=C\CCCCCCCCC(=O)OCC(COP(=O)(O)OCC(O)COP(=O)(O)OCC(COC(=O)CCCCCCCCC/C=C\C/C=C\C/C=C\CC)OC(=O)CCCCCCC/C=C\C/C=C\CCC)OC(=O)CCCCCCC/C=C\C/C=C\C/C=C\CC. The van der Waals surface area contributed by atoms with E-state index in [-0.39, 0.29) is 25.7 Å². The zero-order chi connectivity index (χ0) is 76.0. The summed E-state index contributed by atoms with van der Waals surface area (Å²) in [6.07, 6.45) is 86.8. The van der Waals surface area contributed by atoms with Crippen molar-refractivity contribution in [2.45, 2.75) is 329 Å². The summed E-state index contributed by atoms with van der Waals surface area (Å²) in [4.78, 5) is 73.1. The Hall–Kier alpha value is -5.06. The summed E-state index contributed by atoms with van der Waals surface area (Å²) in [5.41, 5.74) is 0. The van der Waals surface area contributed by atoms with E-state index in [2.05, 4.69) is 174 Å². The predicted octanol–water partition coefficient (Wildman–Crippen LogP) is 23.4. The van der Waals surface area contributed by atoms with E-state index in [1.165, 1.54) is 0 Å². The molecule has 0 aromatic rings. The van der Waals surface area contributed by atoms with Gasteiger partial charge in [0.1, 0.15) is 19.3 Å². The van der Waals surface area contributed by atoms with Crippen molar-refractivity contribution in [3.8, 4) is 0 Å². The third kappa shape index (κ3) is 75.2. The molecule has 0 fully saturated rings. The summed E-state index contributed by atoms with van der Waals surface area (Å²) in [7, 11) is -9.98. The Bertz CT molecular complexity index is 2540. The van der Waals surface area contributed by atoms with Crippen molar-refractivity contribution in [3.05, 3.63) is 146 Å². The van der Waals surface area contributed by atoms with Gasteiger partial charge >= 0.3 is 39.5 Å². The van der Waals surface area contributed by atoms with Gasteiger partial charge in [-0.2, -0.15) is 0 Å². The Morgan fingerprint density at radius 2 is 0.500 bits per heavy atom. The number of allylic oxidation sites excluding steroid dienone is 24. The Labute approximate surface area is 630 Å². The number of aliphatic hydroxyl groups excluding tert-OH is 1. The zero-order valence-electron chi connectivity index (χ0n) is 64.9. The van der Waals surface area contributed by atoms with Gasteiger partial charge in [0.2, 0.25) is 0 Å². The first-order chi connectivity index (χ1) is 50.7. The van der Waals surface area contributed by atoms with Gasteiger partial charge in [0.15, 0.2) is 12.2 Å². The predicted molar refractivity (Wildman–Crippen MR) is 427 cm³/mol. The van der Waals surface area contributed by atoms with Gasteiger partial charge in [0.25, 0.3) is 0 Å². The Morgan fingerprint density at radius 3 is 0.769 bits per heavy atom. The van der Waals surface area contributed by atoms with Crippen LogP contribution in [0.1, 0.15) is 310 Å². The summed E-state index contributed by atoms with van der Waals surface area (Å²) in [5.74, 6) is -2.24. The first-order valence-corrected chi connectivity index (χ1v) is 43.1. The molecule has 17 nitrogen and oxygen atoms in total. The Kier molecular flexibility index (Phi) is 72.4. The first-order valence-electron chi connectivity index (χ1n) is 40.1. The molecule has 0 heterocycles. The van der Waals surface area contributed by atoms with Crippen LogP contribution in [0.15, 0.2) is 146 Å². The number of esters is 4. The minimum Gasteiger partial charge on any atom is -0.462 e. The second kappa shape index (κ2) is 76.1. The summed E-state index contributed by atoms with van der Waals surface area (Å²) in [5, 5.41) is 10.6. The molecule has 0 saturated carbocycles. The summed E-state index contributed by atoms with van der Waals surface area (Å²) < 4.78 is 68.6. The van der Waals surface area contributed by atoms with Crippen molar-refractivity contribution >= 4 is 39.5 Å². The largest absolute Gasteiger partial charge is 0.472 e. The number of unbranched alkanes of at least 4 members (excludes halogenated alkanes) is 24. The van der Waals surface area contributed by atoms with Crippen molar-refractivity contribution in [2.24, 2.45) is 0 Å². The molecule has 0 aliphatic heterocycles. The van der Waals surface area contributed by atoms with E-state index in [1.807, 2.05) is 0 Å². The molecule has 0 aromatic carbocycles.